The van der Waals surface area contributed by atoms with E-state index in [1.165, 1.54) is 12.1 Å². The van der Waals surface area contributed by atoms with Gasteiger partial charge in [-0.3, -0.25) is 14.0 Å². The van der Waals surface area contributed by atoms with Crippen LogP contribution >= 0.6 is 11.6 Å². The van der Waals surface area contributed by atoms with E-state index in [2.05, 4.69) is 20.1 Å². The zero-order valence-corrected chi connectivity index (χ0v) is 19.8. The minimum Gasteiger partial charge on any atom is -0.373 e. The highest BCUT2D eigenvalue weighted by Gasteiger charge is 2.38. The number of fused-ring (bicyclic) bond motifs is 1. The maximum Gasteiger partial charge on any atom is 0.449 e. The maximum atomic E-state index is 14.9. The fraction of sp³-hybridized carbons (Fsp3) is 0.348. The third-order valence-electron chi connectivity index (χ3n) is 6.13. The lowest BCUT2D eigenvalue weighted by molar-refractivity contribution is -0.147. The van der Waals surface area contributed by atoms with Crippen molar-refractivity contribution in [2.45, 2.75) is 31.0 Å². The predicted molar refractivity (Wildman–Crippen MR) is 122 cm³/mol. The van der Waals surface area contributed by atoms with Gasteiger partial charge >= 0.3 is 6.18 Å². The molecular weight excluding hydrogens is 504 g/mol. The Morgan fingerprint density at radius 3 is 2.58 bits per heavy atom. The number of nitrogens with zero attached hydrogens (tertiary/aromatic N) is 6. The van der Waals surface area contributed by atoms with E-state index in [1.54, 1.807) is 17.9 Å². The molecule has 13 heteroatoms. The summed E-state index contributed by atoms with van der Waals surface area (Å²) in [6.45, 7) is 0.361. The van der Waals surface area contributed by atoms with E-state index in [9.17, 15) is 22.4 Å². The summed E-state index contributed by atoms with van der Waals surface area (Å²) in [7, 11) is 2.75. The number of ether oxygens (including phenoxy) is 1. The van der Waals surface area contributed by atoms with Crippen LogP contribution in [0.4, 0.5) is 17.6 Å². The fourth-order valence-corrected chi connectivity index (χ4v) is 4.50. The summed E-state index contributed by atoms with van der Waals surface area (Å²) in [4.78, 5) is 25.5. The van der Waals surface area contributed by atoms with E-state index in [-0.39, 0.29) is 39.6 Å². The summed E-state index contributed by atoms with van der Waals surface area (Å²) in [5.74, 6) is -2.36. The first-order valence-corrected chi connectivity index (χ1v) is 11.3. The number of aryl methyl sites for hydroxylation is 1. The Labute approximate surface area is 206 Å². The first-order valence-electron chi connectivity index (χ1n) is 10.9. The van der Waals surface area contributed by atoms with Gasteiger partial charge in [0.05, 0.1) is 12.3 Å². The Balaban J connectivity index is 1.71. The maximum absolute atomic E-state index is 14.9. The number of hydrogen-bond donors (Lipinski definition) is 0. The van der Waals surface area contributed by atoms with Crippen LogP contribution in [-0.4, -0.2) is 35.9 Å². The number of rotatable bonds is 3. The smallest absolute Gasteiger partial charge is 0.373 e. The normalized spacial score (nSPS) is 18.6. The molecule has 0 N–H and O–H groups in total. The molecule has 1 aromatic carbocycles. The van der Waals surface area contributed by atoms with Gasteiger partial charge in [0.15, 0.2) is 5.52 Å². The van der Waals surface area contributed by atoms with Crippen LogP contribution in [0.15, 0.2) is 35.4 Å². The summed E-state index contributed by atoms with van der Waals surface area (Å²) in [6.07, 6.45) is -0.801. The molecule has 0 aliphatic carbocycles. The Morgan fingerprint density at radius 1 is 1.14 bits per heavy atom. The van der Waals surface area contributed by atoms with E-state index in [4.69, 9.17) is 16.3 Å². The second-order valence-electron chi connectivity index (χ2n) is 8.58. The average molecular weight is 523 g/mol. The average Bonchev–Trinajstić information content (AvgIpc) is 3.26. The zero-order chi connectivity index (χ0) is 25.8. The van der Waals surface area contributed by atoms with Gasteiger partial charge in [0.2, 0.25) is 5.82 Å². The Bertz CT molecular complexity index is 1530. The van der Waals surface area contributed by atoms with E-state index in [0.29, 0.717) is 24.0 Å². The van der Waals surface area contributed by atoms with Gasteiger partial charge in [-0.25, -0.2) is 19.3 Å². The monoisotopic (exact) mass is 522 g/mol. The number of benzene rings is 1. The third kappa shape index (κ3) is 4.35. The second kappa shape index (κ2) is 8.93. The Hall–Kier alpha value is -3.38. The van der Waals surface area contributed by atoms with Crippen LogP contribution in [0.1, 0.15) is 42.1 Å². The van der Waals surface area contributed by atoms with Gasteiger partial charge < -0.3 is 4.74 Å². The van der Waals surface area contributed by atoms with E-state index in [1.807, 2.05) is 6.20 Å². The van der Waals surface area contributed by atoms with Gasteiger partial charge in [-0.05, 0) is 31.0 Å². The molecule has 5 rings (SSSR count). The van der Waals surface area contributed by atoms with Gasteiger partial charge in [-0.2, -0.15) is 18.3 Å². The fourth-order valence-electron chi connectivity index (χ4n) is 4.34. The molecule has 0 spiro atoms. The first kappa shape index (κ1) is 24.3. The van der Waals surface area contributed by atoms with E-state index in [0.717, 1.165) is 18.7 Å². The summed E-state index contributed by atoms with van der Waals surface area (Å²) in [5, 5.41) is 4.25. The molecule has 0 amide bonds. The highest BCUT2D eigenvalue weighted by molar-refractivity contribution is 6.30. The van der Waals surface area contributed by atoms with Crippen molar-refractivity contribution >= 4 is 22.6 Å². The van der Waals surface area contributed by atoms with Crippen molar-refractivity contribution < 1.29 is 22.3 Å². The minimum absolute atomic E-state index is 0.0958. The van der Waals surface area contributed by atoms with Gasteiger partial charge in [0.1, 0.15) is 22.9 Å². The molecule has 2 atom stereocenters. The third-order valence-corrected chi connectivity index (χ3v) is 6.36. The van der Waals surface area contributed by atoms with Gasteiger partial charge in [-0.1, -0.05) is 11.6 Å². The lowest BCUT2D eigenvalue weighted by Crippen LogP contribution is -2.29. The van der Waals surface area contributed by atoms with Gasteiger partial charge in [0.25, 0.3) is 5.56 Å². The quantitative estimate of drug-likeness (QED) is 0.366. The van der Waals surface area contributed by atoms with Crippen LogP contribution in [0.3, 0.4) is 0 Å². The van der Waals surface area contributed by atoms with Crippen molar-refractivity contribution in [3.8, 4) is 11.3 Å². The molecule has 1 aliphatic heterocycles. The summed E-state index contributed by atoms with van der Waals surface area (Å²) in [6, 6.07) is 3.69. The largest absolute Gasteiger partial charge is 0.449 e. The van der Waals surface area contributed by atoms with Crippen molar-refractivity contribution in [3.05, 3.63) is 69.0 Å². The number of alkyl halides is 3. The molecule has 1 fully saturated rings. The van der Waals surface area contributed by atoms with Crippen molar-refractivity contribution in [1.29, 1.82) is 0 Å². The van der Waals surface area contributed by atoms with Crippen LogP contribution < -0.4 is 5.56 Å². The molecule has 3 aromatic heterocycles. The van der Waals surface area contributed by atoms with E-state index >= 15 is 0 Å². The summed E-state index contributed by atoms with van der Waals surface area (Å²) < 4.78 is 63.7. The number of halogens is 5. The SMILES string of the molecule is Cn1cc([C@H]2C[C@H](c3nc(-c4ccc(Cl)cc4F)c4nc(C(F)(F)F)n(C)c(=O)c4n3)CCO2)cn1. The first-order chi connectivity index (χ1) is 17.0. The van der Waals surface area contributed by atoms with Crippen molar-refractivity contribution in [1.82, 2.24) is 29.3 Å². The second-order valence-corrected chi connectivity index (χ2v) is 9.01. The molecule has 0 saturated carbocycles. The van der Waals surface area contributed by atoms with Crippen LogP contribution in [-0.2, 0) is 25.0 Å². The molecule has 8 nitrogen and oxygen atoms in total. The van der Waals surface area contributed by atoms with Crippen LogP contribution in [0.25, 0.3) is 22.3 Å². The molecule has 0 radical (unpaired) electrons. The Morgan fingerprint density at radius 2 is 1.92 bits per heavy atom. The Kier molecular flexibility index (Phi) is 6.03. The van der Waals surface area contributed by atoms with Crippen molar-refractivity contribution in [2.24, 2.45) is 14.1 Å². The standard InChI is InChI=1S/C23H19ClF4N6O2/c1-33-10-12(9-29-33)16-7-11(5-6-36-16)20-30-17(14-4-3-13(24)8-15(14)25)18-19(31-20)21(35)34(2)22(32-18)23(26,27)28/h3-4,8-11,16H,5-7H2,1-2H3/t11-,16-/m1/s1. The summed E-state index contributed by atoms with van der Waals surface area (Å²) >= 11 is 5.87. The minimum atomic E-state index is -4.92. The van der Waals surface area contributed by atoms with Gasteiger partial charge in [0, 0.05) is 49.0 Å². The van der Waals surface area contributed by atoms with Crippen molar-refractivity contribution in [2.75, 3.05) is 6.61 Å². The molecule has 1 aliphatic rings. The van der Waals surface area contributed by atoms with Crippen molar-refractivity contribution in [3.63, 3.8) is 0 Å². The summed E-state index contributed by atoms with van der Waals surface area (Å²) in [5.41, 5.74) is -1.29. The lowest BCUT2D eigenvalue weighted by Gasteiger charge is -2.28. The number of hydrogen-bond acceptors (Lipinski definition) is 6. The highest BCUT2D eigenvalue weighted by Crippen LogP contribution is 2.38. The molecule has 188 valence electrons. The molecule has 36 heavy (non-hydrogen) atoms. The predicted octanol–water partition coefficient (Wildman–Crippen LogP) is 4.57. The molecule has 1 saturated heterocycles. The lowest BCUT2D eigenvalue weighted by atomic mass is 9.92. The number of aromatic nitrogens is 6. The molecular formula is C23H19ClF4N6O2. The molecule has 0 unspecified atom stereocenters. The topological polar surface area (TPSA) is 87.7 Å². The molecule has 4 aromatic rings. The highest BCUT2D eigenvalue weighted by atomic mass is 35.5. The van der Waals surface area contributed by atoms with Crippen LogP contribution in [0, 0.1) is 5.82 Å². The van der Waals surface area contributed by atoms with Gasteiger partial charge in [-0.15, -0.1) is 0 Å². The van der Waals surface area contributed by atoms with Crippen LogP contribution in [0.2, 0.25) is 5.02 Å². The van der Waals surface area contributed by atoms with Crippen LogP contribution in [0.5, 0.6) is 0 Å². The van der Waals surface area contributed by atoms with E-state index < -0.39 is 28.9 Å². The molecule has 4 heterocycles. The zero-order valence-electron chi connectivity index (χ0n) is 19.1. The molecule has 0 bridgehead atoms.